The summed E-state index contributed by atoms with van der Waals surface area (Å²) in [5.41, 5.74) is -2.82. The molecule has 0 unspecified atom stereocenters. The molecule has 0 fully saturated rings. The molecule has 276 valence electrons. The fraction of sp³-hybridized carbons (Fsp3) is 0.562. The number of rotatable bonds is 11. The molecule has 0 aliphatic carbocycles. The number of thioether (sulfide) groups is 1. The van der Waals surface area contributed by atoms with Crippen LogP contribution in [0.15, 0.2) is 35.6 Å². The summed E-state index contributed by atoms with van der Waals surface area (Å²) >= 11 is 0.821. The minimum atomic E-state index is -4.59. The van der Waals surface area contributed by atoms with Gasteiger partial charge in [0.2, 0.25) is 5.88 Å². The number of anilines is 1. The molecule has 12 nitrogen and oxygen atoms in total. The van der Waals surface area contributed by atoms with Gasteiger partial charge in [0, 0.05) is 31.8 Å². The van der Waals surface area contributed by atoms with E-state index in [1.807, 2.05) is 0 Å². The van der Waals surface area contributed by atoms with Crippen LogP contribution in [0, 0.1) is 11.7 Å². The van der Waals surface area contributed by atoms with Crippen molar-refractivity contribution in [2.45, 2.75) is 89.3 Å². The van der Waals surface area contributed by atoms with Gasteiger partial charge in [0.05, 0.1) is 17.9 Å². The van der Waals surface area contributed by atoms with Crippen LogP contribution in [0.5, 0.6) is 5.88 Å². The highest BCUT2D eigenvalue weighted by Gasteiger charge is 2.56. The predicted molar refractivity (Wildman–Crippen MR) is 183 cm³/mol. The van der Waals surface area contributed by atoms with Crippen LogP contribution in [0.1, 0.15) is 57.6 Å². The molecule has 18 heteroatoms. The number of ether oxygens (including phenoxy) is 3. The van der Waals surface area contributed by atoms with Gasteiger partial charge in [-0.1, -0.05) is 38.3 Å². The van der Waals surface area contributed by atoms with E-state index in [4.69, 9.17) is 14.5 Å². The Morgan fingerprint density at radius 2 is 1.76 bits per heavy atom. The number of hydrogen-bond acceptors (Lipinski definition) is 10. The summed E-state index contributed by atoms with van der Waals surface area (Å²) in [6.45, 7) is 14.6. The standard InChI is InChI=1S/C32H43F4N5O7SSi/c1-19-30(5,21-14-20(10-11-22(21)33)39-25(42)23-15-38-24(16-37-23)47-17-32(34,35)36)40-27(49-31(19,6)26(43)44)41(28(45)48-29(2,3)4)18-46-12-13-50(7,8)9/h10-11,14-16,19H,12-13,17-18H2,1-9H3,(H,39,42)(H,43,44)/t19-,30-,31-/m0/s1. The summed E-state index contributed by atoms with van der Waals surface area (Å²) in [6, 6.07) is 4.42. The Hall–Kier alpha value is -3.77. The molecular formula is C32H43F4N5O7SSi. The Morgan fingerprint density at radius 1 is 1.10 bits per heavy atom. The van der Waals surface area contributed by atoms with E-state index in [9.17, 15) is 32.7 Å². The minimum absolute atomic E-state index is 0.0605. The summed E-state index contributed by atoms with van der Waals surface area (Å²) in [7, 11) is -1.50. The molecule has 0 saturated carbocycles. The monoisotopic (exact) mass is 745 g/mol. The average molecular weight is 746 g/mol. The molecule has 2 N–H and O–H groups in total. The average Bonchev–Trinajstić information content (AvgIpc) is 2.97. The molecule has 0 radical (unpaired) electrons. The second kappa shape index (κ2) is 15.2. The molecule has 50 heavy (non-hydrogen) atoms. The lowest BCUT2D eigenvalue weighted by Crippen LogP contribution is -2.55. The quantitative estimate of drug-likeness (QED) is 0.105. The second-order valence-electron chi connectivity index (χ2n) is 14.3. The lowest BCUT2D eigenvalue weighted by atomic mass is 9.73. The number of carboxylic acids is 1. The highest BCUT2D eigenvalue weighted by molar-refractivity contribution is 8.15. The van der Waals surface area contributed by atoms with Gasteiger partial charge in [-0.2, -0.15) is 13.2 Å². The van der Waals surface area contributed by atoms with Gasteiger partial charge in [-0.15, -0.1) is 0 Å². The molecule has 1 aromatic carbocycles. The zero-order valence-corrected chi connectivity index (χ0v) is 31.2. The van der Waals surface area contributed by atoms with Crippen molar-refractivity contribution >= 4 is 48.7 Å². The Bertz CT molecular complexity index is 1600. The van der Waals surface area contributed by atoms with Gasteiger partial charge < -0.3 is 24.6 Å². The Kier molecular flexibility index (Phi) is 12.4. The van der Waals surface area contributed by atoms with Gasteiger partial charge in [-0.3, -0.25) is 14.6 Å². The third-order valence-corrected chi connectivity index (χ3v) is 11.0. The first-order valence-corrected chi connectivity index (χ1v) is 20.1. The number of carbonyl (C=O) groups excluding carboxylic acids is 2. The van der Waals surface area contributed by atoms with E-state index in [0.717, 1.165) is 41.2 Å². The smallest absolute Gasteiger partial charge is 0.422 e. The van der Waals surface area contributed by atoms with E-state index in [1.54, 1.807) is 27.7 Å². The summed E-state index contributed by atoms with van der Waals surface area (Å²) < 4.78 is 67.5. The Balaban J connectivity index is 2.03. The Labute approximate surface area is 293 Å². The number of halogens is 4. The van der Waals surface area contributed by atoms with Crippen LogP contribution in [0.3, 0.4) is 0 Å². The van der Waals surface area contributed by atoms with Gasteiger partial charge in [-0.25, -0.2) is 24.1 Å². The third kappa shape index (κ3) is 10.6. The largest absolute Gasteiger partial charge is 0.480 e. The van der Waals surface area contributed by atoms with Crippen molar-refractivity contribution in [1.29, 1.82) is 0 Å². The maximum Gasteiger partial charge on any atom is 0.422 e. The third-order valence-electron chi connectivity index (χ3n) is 7.80. The Morgan fingerprint density at radius 3 is 2.30 bits per heavy atom. The molecular weight excluding hydrogens is 703 g/mol. The maximum absolute atomic E-state index is 15.8. The SMILES string of the molecule is C[C@@H]1[C@@](C)(C(=O)O)SC(N(COCC[Si](C)(C)C)C(=O)OC(C)(C)C)=N[C@]1(C)c1cc(NC(=O)c2cnc(OCC(F)(F)F)cn2)ccc1F. The first kappa shape index (κ1) is 40.7. The number of amides is 2. The fourth-order valence-electron chi connectivity index (χ4n) is 4.66. The maximum atomic E-state index is 15.8. The molecule has 2 heterocycles. The van der Waals surface area contributed by atoms with Gasteiger partial charge in [0.15, 0.2) is 11.8 Å². The molecule has 3 atom stereocenters. The summed E-state index contributed by atoms with van der Waals surface area (Å²) in [4.78, 5) is 52.7. The van der Waals surface area contributed by atoms with Crippen LogP contribution in [0.4, 0.5) is 28.0 Å². The number of carboxylic acid groups (broad SMARTS) is 1. The number of aliphatic carboxylic acids is 1. The number of carbonyl (C=O) groups is 3. The van der Waals surface area contributed by atoms with Crippen LogP contribution in [-0.2, 0) is 19.8 Å². The van der Waals surface area contributed by atoms with Crippen molar-refractivity contribution in [2.24, 2.45) is 10.9 Å². The predicted octanol–water partition coefficient (Wildman–Crippen LogP) is 7.16. The molecule has 1 aromatic heterocycles. The topological polar surface area (TPSA) is 153 Å². The van der Waals surface area contributed by atoms with E-state index in [2.05, 4.69) is 39.7 Å². The molecule has 0 spiro atoms. The van der Waals surface area contributed by atoms with Crippen LogP contribution < -0.4 is 10.1 Å². The minimum Gasteiger partial charge on any atom is -0.480 e. The first-order valence-electron chi connectivity index (χ1n) is 15.6. The first-order chi connectivity index (χ1) is 22.8. The van der Waals surface area contributed by atoms with Crippen LogP contribution in [0.2, 0.25) is 25.7 Å². The summed E-state index contributed by atoms with van der Waals surface area (Å²) in [6.07, 6.45) is -3.66. The molecule has 0 bridgehead atoms. The van der Waals surface area contributed by atoms with E-state index in [1.165, 1.54) is 26.0 Å². The second-order valence-corrected chi connectivity index (χ2v) is 21.4. The molecule has 2 amide bonds. The van der Waals surface area contributed by atoms with Crippen molar-refractivity contribution in [1.82, 2.24) is 14.9 Å². The van der Waals surface area contributed by atoms with E-state index in [0.29, 0.717) is 6.61 Å². The van der Waals surface area contributed by atoms with Crippen LogP contribution in [0.25, 0.3) is 0 Å². The van der Waals surface area contributed by atoms with E-state index in [-0.39, 0.29) is 28.8 Å². The molecule has 3 rings (SSSR count). The number of aromatic nitrogens is 2. The lowest BCUT2D eigenvalue weighted by Gasteiger charge is -2.47. The van der Waals surface area contributed by atoms with E-state index >= 15 is 4.39 Å². The normalized spacial score (nSPS) is 21.2. The summed E-state index contributed by atoms with van der Waals surface area (Å²) in [5, 5.41) is 13.0. The van der Waals surface area contributed by atoms with Gasteiger partial charge in [0.1, 0.15) is 28.6 Å². The number of amidine groups is 1. The molecule has 1 aliphatic heterocycles. The van der Waals surface area contributed by atoms with Gasteiger partial charge >= 0.3 is 18.2 Å². The van der Waals surface area contributed by atoms with E-state index < -0.39 is 72.3 Å². The molecule has 2 aromatic rings. The zero-order valence-electron chi connectivity index (χ0n) is 29.4. The number of alkyl halides is 3. The number of nitrogens with zero attached hydrogens (tertiary/aromatic N) is 4. The van der Waals surface area contributed by atoms with Crippen LogP contribution >= 0.6 is 11.8 Å². The number of nitrogens with one attached hydrogen (secondary N) is 1. The van der Waals surface area contributed by atoms with Crippen molar-refractivity contribution < 1.29 is 51.3 Å². The number of aliphatic imine (C=N–C) groups is 1. The lowest BCUT2D eigenvalue weighted by molar-refractivity contribution is -0.154. The highest BCUT2D eigenvalue weighted by atomic mass is 32.2. The van der Waals surface area contributed by atoms with Gasteiger partial charge in [0.25, 0.3) is 5.91 Å². The zero-order chi connectivity index (χ0) is 37.9. The fourth-order valence-corrected chi connectivity index (χ4v) is 6.76. The van der Waals surface area contributed by atoms with Crippen molar-refractivity contribution in [3.8, 4) is 5.88 Å². The number of hydrogen-bond donors (Lipinski definition) is 2. The number of benzene rings is 1. The van der Waals surface area contributed by atoms with Crippen molar-refractivity contribution in [3.05, 3.63) is 47.7 Å². The molecule has 0 saturated heterocycles. The summed E-state index contributed by atoms with van der Waals surface area (Å²) in [5.74, 6) is -4.15. The van der Waals surface area contributed by atoms with Crippen molar-refractivity contribution in [3.63, 3.8) is 0 Å². The molecule has 1 aliphatic rings. The van der Waals surface area contributed by atoms with Crippen LogP contribution in [-0.4, -0.2) is 87.7 Å². The van der Waals surface area contributed by atoms with Gasteiger partial charge in [-0.05, 0) is 58.9 Å². The highest BCUT2D eigenvalue weighted by Crippen LogP contribution is 2.52. The van der Waals surface area contributed by atoms with Crippen molar-refractivity contribution in [2.75, 3.05) is 25.3 Å².